The number of amides is 1. The van der Waals surface area contributed by atoms with E-state index in [1.807, 2.05) is 12.1 Å². The van der Waals surface area contributed by atoms with Crippen LogP contribution < -0.4 is 10.6 Å². The molecule has 3 rings (SSSR count). The molecule has 0 atom stereocenters. The number of nitrogens with one attached hydrogen (secondary N) is 2. The van der Waals surface area contributed by atoms with Crippen molar-refractivity contribution in [3.05, 3.63) is 29.3 Å². The molecule has 1 fully saturated rings. The molecule has 114 valence electrons. The molecular formula is C17H25N3O. The smallest absolute Gasteiger partial charge is 0.251 e. The molecule has 1 aromatic carbocycles. The van der Waals surface area contributed by atoms with Gasteiger partial charge in [-0.3, -0.25) is 4.79 Å². The van der Waals surface area contributed by atoms with Crippen molar-refractivity contribution in [3.8, 4) is 0 Å². The number of carbonyl (C=O) groups is 1. The lowest BCUT2D eigenvalue weighted by Gasteiger charge is -2.29. The molecule has 0 bridgehead atoms. The lowest BCUT2D eigenvalue weighted by atomic mass is 9.95. The third kappa shape index (κ3) is 3.38. The summed E-state index contributed by atoms with van der Waals surface area (Å²) in [7, 11) is 2.16. The second-order valence-corrected chi connectivity index (χ2v) is 6.32. The average Bonchev–Trinajstić information content (AvgIpc) is 2.53. The Morgan fingerprint density at radius 3 is 3.00 bits per heavy atom. The monoisotopic (exact) mass is 287 g/mol. The Labute approximate surface area is 126 Å². The lowest BCUT2D eigenvalue weighted by molar-refractivity contribution is 0.0938. The Balaban J connectivity index is 1.61. The van der Waals surface area contributed by atoms with E-state index in [-0.39, 0.29) is 5.91 Å². The highest BCUT2D eigenvalue weighted by Gasteiger charge is 2.20. The minimum absolute atomic E-state index is 0.0921. The Morgan fingerprint density at radius 2 is 2.19 bits per heavy atom. The summed E-state index contributed by atoms with van der Waals surface area (Å²) >= 11 is 0. The van der Waals surface area contributed by atoms with Gasteiger partial charge >= 0.3 is 0 Å². The molecule has 2 N–H and O–H groups in total. The van der Waals surface area contributed by atoms with Gasteiger partial charge in [-0.2, -0.15) is 0 Å². The third-order valence-electron chi connectivity index (χ3n) is 4.73. The van der Waals surface area contributed by atoms with Crippen molar-refractivity contribution in [3.63, 3.8) is 0 Å². The summed E-state index contributed by atoms with van der Waals surface area (Å²) in [4.78, 5) is 14.8. The summed E-state index contributed by atoms with van der Waals surface area (Å²) in [5.74, 6) is 0.720. The SMILES string of the molecule is CN1CCC(CNC(=O)c2cccc3c2CCCN3)CC1. The van der Waals surface area contributed by atoms with E-state index in [4.69, 9.17) is 0 Å². The standard InChI is InChI=1S/C17H25N3O/c1-20-10-7-13(8-11-20)12-19-17(21)15-4-2-6-16-14(15)5-3-9-18-16/h2,4,6,13,18H,3,5,7-12H2,1H3,(H,19,21). The van der Waals surface area contributed by atoms with Gasteiger partial charge < -0.3 is 15.5 Å². The van der Waals surface area contributed by atoms with E-state index in [2.05, 4.69) is 28.6 Å². The van der Waals surface area contributed by atoms with Crippen LogP contribution in [0.5, 0.6) is 0 Å². The van der Waals surface area contributed by atoms with Crippen molar-refractivity contribution in [1.29, 1.82) is 0 Å². The van der Waals surface area contributed by atoms with E-state index >= 15 is 0 Å². The zero-order chi connectivity index (χ0) is 14.7. The predicted octanol–water partition coefficient (Wildman–Crippen LogP) is 2.12. The maximum absolute atomic E-state index is 12.5. The van der Waals surface area contributed by atoms with Crippen LogP contribution >= 0.6 is 0 Å². The molecule has 1 saturated heterocycles. The van der Waals surface area contributed by atoms with Gasteiger partial charge in [-0.15, -0.1) is 0 Å². The quantitative estimate of drug-likeness (QED) is 0.895. The zero-order valence-corrected chi connectivity index (χ0v) is 12.8. The molecule has 2 aliphatic heterocycles. The van der Waals surface area contributed by atoms with Crippen LogP contribution in [0, 0.1) is 5.92 Å². The fourth-order valence-corrected chi connectivity index (χ4v) is 3.32. The van der Waals surface area contributed by atoms with Gasteiger partial charge in [-0.25, -0.2) is 0 Å². The molecule has 4 nitrogen and oxygen atoms in total. The van der Waals surface area contributed by atoms with Crippen molar-refractivity contribution < 1.29 is 4.79 Å². The largest absolute Gasteiger partial charge is 0.385 e. The minimum Gasteiger partial charge on any atom is -0.385 e. The van der Waals surface area contributed by atoms with Crippen LogP contribution in [0.2, 0.25) is 0 Å². The summed E-state index contributed by atoms with van der Waals surface area (Å²) in [6.45, 7) is 4.10. The Bertz CT molecular complexity index is 507. The maximum atomic E-state index is 12.5. The molecule has 0 unspecified atom stereocenters. The van der Waals surface area contributed by atoms with Gasteiger partial charge in [0.05, 0.1) is 0 Å². The highest BCUT2D eigenvalue weighted by atomic mass is 16.1. The van der Waals surface area contributed by atoms with E-state index in [9.17, 15) is 4.79 Å². The normalized spacial score (nSPS) is 19.7. The van der Waals surface area contributed by atoms with Crippen molar-refractivity contribution in [2.75, 3.05) is 38.5 Å². The van der Waals surface area contributed by atoms with Gasteiger partial charge in [0.1, 0.15) is 0 Å². The number of nitrogens with zero attached hydrogens (tertiary/aromatic N) is 1. The van der Waals surface area contributed by atoms with E-state index in [0.29, 0.717) is 5.92 Å². The molecule has 0 spiro atoms. The van der Waals surface area contributed by atoms with Gasteiger partial charge in [0.25, 0.3) is 5.91 Å². The average molecular weight is 287 g/mol. The van der Waals surface area contributed by atoms with Crippen molar-refractivity contribution in [2.45, 2.75) is 25.7 Å². The first kappa shape index (κ1) is 14.4. The van der Waals surface area contributed by atoms with Crippen molar-refractivity contribution in [1.82, 2.24) is 10.2 Å². The second kappa shape index (κ2) is 6.48. The van der Waals surface area contributed by atoms with E-state index in [1.165, 1.54) is 18.4 Å². The molecule has 2 aliphatic rings. The summed E-state index contributed by atoms with van der Waals surface area (Å²) in [6, 6.07) is 6.00. The third-order valence-corrected chi connectivity index (χ3v) is 4.73. The number of carbonyl (C=O) groups excluding carboxylic acids is 1. The summed E-state index contributed by atoms with van der Waals surface area (Å²) in [5, 5.41) is 6.53. The van der Waals surface area contributed by atoms with Crippen LogP contribution in [-0.4, -0.2) is 44.0 Å². The molecule has 4 heteroatoms. The van der Waals surface area contributed by atoms with E-state index in [1.54, 1.807) is 0 Å². The first-order chi connectivity index (χ1) is 10.2. The van der Waals surface area contributed by atoms with Crippen LogP contribution in [0.3, 0.4) is 0 Å². The summed E-state index contributed by atoms with van der Waals surface area (Å²) in [5.41, 5.74) is 3.17. The fourth-order valence-electron chi connectivity index (χ4n) is 3.32. The van der Waals surface area contributed by atoms with Gasteiger partial charge in [0.2, 0.25) is 0 Å². The number of hydrogen-bond donors (Lipinski definition) is 2. The van der Waals surface area contributed by atoms with Crippen LogP contribution in [0.15, 0.2) is 18.2 Å². The fraction of sp³-hybridized carbons (Fsp3) is 0.588. The minimum atomic E-state index is 0.0921. The lowest BCUT2D eigenvalue weighted by Crippen LogP contribution is -2.37. The number of rotatable bonds is 3. The van der Waals surface area contributed by atoms with E-state index in [0.717, 1.165) is 50.3 Å². The Kier molecular flexibility index (Phi) is 4.44. The van der Waals surface area contributed by atoms with Gasteiger partial charge in [0.15, 0.2) is 0 Å². The Morgan fingerprint density at radius 1 is 1.38 bits per heavy atom. The van der Waals surface area contributed by atoms with Gasteiger partial charge in [0, 0.05) is 24.3 Å². The molecule has 1 aromatic rings. The van der Waals surface area contributed by atoms with Gasteiger partial charge in [-0.05, 0) is 69.4 Å². The van der Waals surface area contributed by atoms with Gasteiger partial charge in [-0.1, -0.05) is 6.07 Å². The summed E-state index contributed by atoms with van der Waals surface area (Å²) in [6.07, 6.45) is 4.48. The topological polar surface area (TPSA) is 44.4 Å². The maximum Gasteiger partial charge on any atom is 0.251 e. The number of hydrogen-bond acceptors (Lipinski definition) is 3. The molecule has 21 heavy (non-hydrogen) atoms. The molecule has 0 saturated carbocycles. The molecule has 0 aromatic heterocycles. The second-order valence-electron chi connectivity index (χ2n) is 6.32. The Hall–Kier alpha value is -1.55. The van der Waals surface area contributed by atoms with Crippen LogP contribution in [0.25, 0.3) is 0 Å². The number of fused-ring (bicyclic) bond motifs is 1. The van der Waals surface area contributed by atoms with Crippen LogP contribution in [-0.2, 0) is 6.42 Å². The first-order valence-electron chi connectivity index (χ1n) is 8.06. The first-order valence-corrected chi connectivity index (χ1v) is 8.06. The molecule has 2 heterocycles. The van der Waals surface area contributed by atoms with Crippen LogP contribution in [0.1, 0.15) is 35.2 Å². The predicted molar refractivity (Wildman–Crippen MR) is 85.8 cm³/mol. The number of benzene rings is 1. The van der Waals surface area contributed by atoms with E-state index < -0.39 is 0 Å². The molecule has 1 amide bonds. The van der Waals surface area contributed by atoms with Crippen molar-refractivity contribution >= 4 is 11.6 Å². The zero-order valence-electron chi connectivity index (χ0n) is 12.8. The highest BCUT2D eigenvalue weighted by Crippen LogP contribution is 2.25. The molecule has 0 aliphatic carbocycles. The van der Waals surface area contributed by atoms with Crippen LogP contribution in [0.4, 0.5) is 5.69 Å². The molecule has 0 radical (unpaired) electrons. The number of anilines is 1. The number of piperidine rings is 1. The van der Waals surface area contributed by atoms with Crippen molar-refractivity contribution in [2.24, 2.45) is 5.92 Å². The number of likely N-dealkylation sites (tertiary alicyclic amines) is 1. The highest BCUT2D eigenvalue weighted by molar-refractivity contribution is 5.97. The molecular weight excluding hydrogens is 262 g/mol. The summed E-state index contributed by atoms with van der Waals surface area (Å²) < 4.78 is 0.